The summed E-state index contributed by atoms with van der Waals surface area (Å²) in [5.74, 6) is 3.64. The molecule has 0 aliphatic carbocycles. The number of amides is 1. The van der Waals surface area contributed by atoms with E-state index in [0.29, 0.717) is 13.0 Å². The Morgan fingerprint density at radius 1 is 0.970 bits per heavy atom. The number of nitrogens with zero attached hydrogens (tertiary/aromatic N) is 2. The van der Waals surface area contributed by atoms with Gasteiger partial charge in [0, 0.05) is 45.1 Å². The smallest absolute Gasteiger partial charge is 0.222 e. The molecule has 1 aromatic carbocycles. The third kappa shape index (κ3) is 12.0. The van der Waals surface area contributed by atoms with E-state index in [4.69, 9.17) is 9.84 Å². The van der Waals surface area contributed by atoms with E-state index in [-0.39, 0.29) is 36.9 Å². The Kier molecular flexibility index (Phi) is 15.2. The van der Waals surface area contributed by atoms with Gasteiger partial charge in [0.2, 0.25) is 11.7 Å². The first kappa shape index (κ1) is 28.9. The summed E-state index contributed by atoms with van der Waals surface area (Å²) < 4.78 is 33.6. The lowest BCUT2D eigenvalue weighted by molar-refractivity contribution is -0.130. The topological polar surface area (TPSA) is 53.0 Å². The molecular weight excluding hydrogens is 426 g/mol. The highest BCUT2D eigenvalue weighted by Crippen LogP contribution is 2.23. The summed E-state index contributed by atoms with van der Waals surface area (Å²) in [7, 11) is 3.81. The number of rotatable bonds is 17. The van der Waals surface area contributed by atoms with Crippen LogP contribution in [0.15, 0.2) is 12.1 Å². The zero-order valence-corrected chi connectivity index (χ0v) is 20.5. The second-order valence-corrected chi connectivity index (χ2v) is 8.37. The molecule has 0 heterocycles. The second kappa shape index (κ2) is 17.3. The van der Waals surface area contributed by atoms with E-state index in [1.165, 1.54) is 12.1 Å². The van der Waals surface area contributed by atoms with Crippen LogP contribution >= 0.6 is 0 Å². The molecule has 7 heteroatoms. The van der Waals surface area contributed by atoms with Gasteiger partial charge in [0.05, 0.1) is 0 Å². The average molecular weight is 467 g/mol. The fourth-order valence-corrected chi connectivity index (χ4v) is 3.39. The average Bonchev–Trinajstić information content (AvgIpc) is 2.80. The van der Waals surface area contributed by atoms with E-state index in [2.05, 4.69) is 16.7 Å². The minimum Gasteiger partial charge on any atom is -0.489 e. The fourth-order valence-electron chi connectivity index (χ4n) is 3.39. The molecule has 0 aliphatic heterocycles. The van der Waals surface area contributed by atoms with Crippen molar-refractivity contribution in [3.8, 4) is 17.6 Å². The van der Waals surface area contributed by atoms with Crippen LogP contribution in [0.3, 0.4) is 0 Å². The first-order chi connectivity index (χ1) is 15.9. The molecule has 0 atom stereocenters. The molecule has 1 aromatic rings. The molecule has 0 aliphatic rings. The summed E-state index contributed by atoms with van der Waals surface area (Å²) in [6.45, 7) is 4.38. The number of benzene rings is 1. The first-order valence-electron chi connectivity index (χ1n) is 11.9. The van der Waals surface area contributed by atoms with Crippen molar-refractivity contribution in [3.63, 3.8) is 0 Å². The Morgan fingerprint density at radius 3 is 2.39 bits per heavy atom. The van der Waals surface area contributed by atoms with E-state index >= 15 is 0 Å². The van der Waals surface area contributed by atoms with Crippen LogP contribution in [0.1, 0.15) is 63.9 Å². The minimum absolute atomic E-state index is 0.0786. The molecule has 0 aromatic heterocycles. The van der Waals surface area contributed by atoms with Gasteiger partial charge in [-0.15, -0.1) is 5.92 Å². The van der Waals surface area contributed by atoms with Crippen LogP contribution in [0.5, 0.6) is 5.75 Å². The lowest BCUT2D eigenvalue weighted by Crippen LogP contribution is -2.27. The Bertz CT molecular complexity index is 762. The summed E-state index contributed by atoms with van der Waals surface area (Å²) in [5.41, 5.74) is 0.231. The quantitative estimate of drug-likeness (QED) is 0.273. The van der Waals surface area contributed by atoms with Crippen molar-refractivity contribution in [1.82, 2.24) is 9.80 Å². The summed E-state index contributed by atoms with van der Waals surface area (Å²) in [6, 6.07) is 2.96. The van der Waals surface area contributed by atoms with Gasteiger partial charge in [-0.05, 0) is 52.3 Å². The van der Waals surface area contributed by atoms with E-state index in [9.17, 15) is 13.6 Å². The van der Waals surface area contributed by atoms with Crippen molar-refractivity contribution >= 4 is 5.91 Å². The fraction of sp³-hybridized carbons (Fsp3) is 0.654. The SMILES string of the molecule is CC#CCc1ccc(OCCN(C)CCCCCC(=O)N(C)CCCCCCO)c(F)c1F. The molecule has 1 rings (SSSR count). The van der Waals surface area contributed by atoms with Crippen molar-refractivity contribution in [2.75, 3.05) is 46.9 Å². The summed E-state index contributed by atoms with van der Waals surface area (Å²) >= 11 is 0. The van der Waals surface area contributed by atoms with Crippen LogP contribution in [0, 0.1) is 23.5 Å². The molecule has 33 heavy (non-hydrogen) atoms. The predicted molar refractivity (Wildman–Crippen MR) is 128 cm³/mol. The number of hydrogen-bond donors (Lipinski definition) is 1. The summed E-state index contributed by atoms with van der Waals surface area (Å²) in [6.07, 6.45) is 7.36. The van der Waals surface area contributed by atoms with Gasteiger partial charge >= 0.3 is 0 Å². The number of hydrogen-bond acceptors (Lipinski definition) is 4. The Hall–Kier alpha value is -2.17. The van der Waals surface area contributed by atoms with Gasteiger partial charge in [-0.25, -0.2) is 4.39 Å². The number of carbonyl (C=O) groups is 1. The number of aliphatic hydroxyl groups is 1. The third-order valence-corrected chi connectivity index (χ3v) is 5.57. The van der Waals surface area contributed by atoms with Crippen LogP contribution in [0.25, 0.3) is 0 Å². The Labute approximate surface area is 198 Å². The minimum atomic E-state index is -0.965. The van der Waals surface area contributed by atoms with Crippen molar-refractivity contribution in [2.24, 2.45) is 0 Å². The molecule has 0 unspecified atom stereocenters. The van der Waals surface area contributed by atoms with Gasteiger partial charge in [-0.1, -0.05) is 31.2 Å². The molecule has 5 nitrogen and oxygen atoms in total. The van der Waals surface area contributed by atoms with E-state index in [1.807, 2.05) is 14.1 Å². The maximum absolute atomic E-state index is 14.1. The molecule has 186 valence electrons. The van der Waals surface area contributed by atoms with Crippen molar-refractivity contribution in [3.05, 3.63) is 29.3 Å². The number of likely N-dealkylation sites (N-methyl/N-ethyl adjacent to an activating group) is 1. The van der Waals surface area contributed by atoms with Gasteiger partial charge in [0.25, 0.3) is 0 Å². The Balaban J connectivity index is 2.16. The normalized spacial score (nSPS) is 10.8. The maximum atomic E-state index is 14.1. The van der Waals surface area contributed by atoms with Crippen LogP contribution < -0.4 is 4.74 Å². The van der Waals surface area contributed by atoms with Crippen LogP contribution in [-0.2, 0) is 11.2 Å². The summed E-state index contributed by atoms with van der Waals surface area (Å²) in [4.78, 5) is 16.0. The van der Waals surface area contributed by atoms with Gasteiger partial charge in [-0.3, -0.25) is 4.79 Å². The molecular formula is C26H40F2N2O3. The van der Waals surface area contributed by atoms with E-state index < -0.39 is 11.6 Å². The highest BCUT2D eigenvalue weighted by atomic mass is 19.2. The predicted octanol–water partition coefficient (Wildman–Crippen LogP) is 4.41. The van der Waals surface area contributed by atoms with Crippen LogP contribution in [-0.4, -0.2) is 67.8 Å². The van der Waals surface area contributed by atoms with Gasteiger partial charge < -0.3 is 19.6 Å². The third-order valence-electron chi connectivity index (χ3n) is 5.57. The number of halogens is 2. The number of carbonyl (C=O) groups excluding carboxylic acids is 1. The Morgan fingerprint density at radius 2 is 1.67 bits per heavy atom. The largest absolute Gasteiger partial charge is 0.489 e. The monoisotopic (exact) mass is 466 g/mol. The molecule has 1 amide bonds. The highest BCUT2D eigenvalue weighted by Gasteiger charge is 2.14. The van der Waals surface area contributed by atoms with Crippen molar-refractivity contribution < 1.29 is 23.4 Å². The molecule has 0 radical (unpaired) electrons. The van der Waals surface area contributed by atoms with Crippen molar-refractivity contribution in [1.29, 1.82) is 0 Å². The molecule has 0 saturated carbocycles. The van der Waals surface area contributed by atoms with Gasteiger partial charge in [-0.2, -0.15) is 4.39 Å². The van der Waals surface area contributed by atoms with Crippen molar-refractivity contribution in [2.45, 2.75) is 64.7 Å². The zero-order valence-electron chi connectivity index (χ0n) is 20.5. The zero-order chi connectivity index (χ0) is 24.5. The number of unbranched alkanes of at least 4 members (excludes halogenated alkanes) is 5. The van der Waals surface area contributed by atoms with E-state index in [0.717, 1.165) is 58.0 Å². The van der Waals surface area contributed by atoms with Gasteiger partial charge in [0.15, 0.2) is 11.6 Å². The number of aliphatic hydroxyl groups excluding tert-OH is 1. The van der Waals surface area contributed by atoms with Crippen LogP contribution in [0.2, 0.25) is 0 Å². The second-order valence-electron chi connectivity index (χ2n) is 8.37. The van der Waals surface area contributed by atoms with E-state index in [1.54, 1.807) is 11.8 Å². The molecule has 0 fully saturated rings. The maximum Gasteiger partial charge on any atom is 0.222 e. The lowest BCUT2D eigenvalue weighted by atomic mass is 10.1. The first-order valence-corrected chi connectivity index (χ1v) is 11.9. The molecule has 0 bridgehead atoms. The summed E-state index contributed by atoms with van der Waals surface area (Å²) in [5, 5.41) is 8.77. The number of ether oxygens (including phenoxy) is 1. The molecule has 0 saturated heterocycles. The highest BCUT2D eigenvalue weighted by molar-refractivity contribution is 5.75. The lowest BCUT2D eigenvalue weighted by Gasteiger charge is -2.18. The van der Waals surface area contributed by atoms with Gasteiger partial charge in [0.1, 0.15) is 6.61 Å². The molecule has 1 N–H and O–H groups in total. The van der Waals surface area contributed by atoms with Crippen LogP contribution in [0.4, 0.5) is 8.78 Å². The molecule has 0 spiro atoms. The standard InChI is InChI=1S/C26H40F2N2O3/c1-4-5-13-22-15-16-23(26(28)25(22)27)33-21-19-29(2)17-10-8-9-14-24(32)30(3)18-11-6-7-12-20-31/h15-16,31H,6-14,17-21H2,1-3H3.